The Morgan fingerprint density at radius 2 is 1.90 bits per heavy atom. The van der Waals surface area contributed by atoms with Gasteiger partial charge < -0.3 is 20.4 Å². The molecule has 1 atom stereocenters. The van der Waals surface area contributed by atoms with E-state index in [1.54, 1.807) is 0 Å². The van der Waals surface area contributed by atoms with Crippen molar-refractivity contribution in [3.05, 3.63) is 46.8 Å². The second-order valence-corrected chi connectivity index (χ2v) is 8.48. The summed E-state index contributed by atoms with van der Waals surface area (Å²) in [5.41, 5.74) is 1.86. The van der Waals surface area contributed by atoms with E-state index < -0.39 is 0 Å². The summed E-state index contributed by atoms with van der Waals surface area (Å²) < 4.78 is 0. The predicted octanol–water partition coefficient (Wildman–Crippen LogP) is 1.90. The third-order valence-electron chi connectivity index (χ3n) is 6.20. The molecule has 3 aromatic rings. The fraction of sp³-hybridized carbons (Fsp3) is 0.435. The number of hydrogen-bond donors (Lipinski definition) is 3. The van der Waals surface area contributed by atoms with Crippen LogP contribution in [0.15, 0.2) is 41.2 Å². The van der Waals surface area contributed by atoms with Gasteiger partial charge in [-0.05, 0) is 38.6 Å². The minimum Gasteiger partial charge on any atom is -0.365 e. The molecule has 8 nitrogen and oxygen atoms in total. The monoisotopic (exact) mass is 419 g/mol. The van der Waals surface area contributed by atoms with E-state index in [0.29, 0.717) is 23.0 Å². The molecule has 162 valence electrons. The molecule has 0 spiro atoms. The van der Waals surface area contributed by atoms with E-state index in [2.05, 4.69) is 32.5 Å². The number of piperidine rings is 1. The minimum absolute atomic E-state index is 0.155. The van der Waals surface area contributed by atoms with Crippen molar-refractivity contribution in [2.75, 3.05) is 56.5 Å². The maximum absolute atomic E-state index is 13.3. The average molecular weight is 420 g/mol. The fourth-order valence-electron chi connectivity index (χ4n) is 4.35. The van der Waals surface area contributed by atoms with Gasteiger partial charge in [0, 0.05) is 44.2 Å². The molecule has 5 rings (SSSR count). The van der Waals surface area contributed by atoms with Crippen LogP contribution in [0.25, 0.3) is 22.2 Å². The standard InChI is InChI=1S/C23H29N7O/c1-29-11-13-30(14-12-29)23-27-21(25-17-6-4-10-24-15-17)20(22(31)28-23)19-9-8-16-5-2-3-7-18(16)26-19/h2-3,5,7-9,17,24H,4,6,10-15H2,1H3,(H2,25,27,28,31)/t17-/m1/s1. The molecule has 4 heterocycles. The van der Waals surface area contributed by atoms with Crippen molar-refractivity contribution in [3.8, 4) is 11.3 Å². The number of aromatic amines is 1. The fourth-order valence-corrected chi connectivity index (χ4v) is 4.35. The largest absolute Gasteiger partial charge is 0.365 e. The van der Waals surface area contributed by atoms with Gasteiger partial charge in [-0.15, -0.1) is 0 Å². The zero-order chi connectivity index (χ0) is 21.2. The van der Waals surface area contributed by atoms with Crippen LogP contribution in [0.2, 0.25) is 0 Å². The maximum Gasteiger partial charge on any atom is 0.263 e. The van der Waals surface area contributed by atoms with Crippen molar-refractivity contribution in [3.63, 3.8) is 0 Å². The van der Waals surface area contributed by atoms with Gasteiger partial charge >= 0.3 is 0 Å². The molecule has 0 amide bonds. The van der Waals surface area contributed by atoms with Crippen LogP contribution < -0.4 is 21.1 Å². The second kappa shape index (κ2) is 8.64. The number of anilines is 2. The summed E-state index contributed by atoms with van der Waals surface area (Å²) in [6.07, 6.45) is 2.16. The smallest absolute Gasteiger partial charge is 0.263 e. The Kier molecular flexibility index (Phi) is 5.57. The van der Waals surface area contributed by atoms with Crippen molar-refractivity contribution in [2.24, 2.45) is 0 Å². The lowest BCUT2D eigenvalue weighted by Crippen LogP contribution is -2.46. The summed E-state index contributed by atoms with van der Waals surface area (Å²) in [4.78, 5) is 30.5. The maximum atomic E-state index is 13.3. The number of nitrogens with one attached hydrogen (secondary N) is 3. The van der Waals surface area contributed by atoms with Crippen LogP contribution in [0.4, 0.5) is 11.8 Å². The number of hydrogen-bond acceptors (Lipinski definition) is 7. The molecule has 2 aliphatic rings. The first-order valence-electron chi connectivity index (χ1n) is 11.1. The molecule has 0 unspecified atom stereocenters. The first-order chi connectivity index (χ1) is 15.2. The normalized spacial score (nSPS) is 20.2. The van der Waals surface area contributed by atoms with Gasteiger partial charge in [0.1, 0.15) is 11.4 Å². The Labute approximate surface area is 181 Å². The lowest BCUT2D eigenvalue weighted by Gasteiger charge is -2.33. The Bertz CT molecular complexity index is 1110. The Balaban J connectivity index is 1.56. The molecule has 2 aromatic heterocycles. The Morgan fingerprint density at radius 1 is 1.06 bits per heavy atom. The average Bonchev–Trinajstić information content (AvgIpc) is 2.80. The first kappa shape index (κ1) is 20.0. The molecule has 3 N–H and O–H groups in total. The highest BCUT2D eigenvalue weighted by Gasteiger charge is 2.23. The number of rotatable bonds is 4. The molecule has 0 saturated carbocycles. The molecular formula is C23H29N7O. The van der Waals surface area contributed by atoms with E-state index in [1.807, 2.05) is 36.4 Å². The highest BCUT2D eigenvalue weighted by Crippen LogP contribution is 2.26. The molecule has 8 heteroatoms. The predicted molar refractivity (Wildman–Crippen MR) is 125 cm³/mol. The quantitative estimate of drug-likeness (QED) is 0.595. The summed E-state index contributed by atoms with van der Waals surface area (Å²) in [6.45, 7) is 5.49. The van der Waals surface area contributed by atoms with Gasteiger partial charge in [-0.1, -0.05) is 24.3 Å². The number of fused-ring (bicyclic) bond motifs is 1. The topological polar surface area (TPSA) is 89.2 Å². The lowest BCUT2D eigenvalue weighted by molar-refractivity contribution is 0.311. The van der Waals surface area contributed by atoms with E-state index in [-0.39, 0.29) is 11.6 Å². The van der Waals surface area contributed by atoms with Gasteiger partial charge in [0.05, 0.1) is 11.2 Å². The molecule has 0 radical (unpaired) electrons. The van der Waals surface area contributed by atoms with Crippen molar-refractivity contribution in [1.29, 1.82) is 0 Å². The van der Waals surface area contributed by atoms with Gasteiger partial charge in [-0.3, -0.25) is 9.78 Å². The molecule has 2 aliphatic heterocycles. The van der Waals surface area contributed by atoms with E-state index in [4.69, 9.17) is 9.97 Å². The van der Waals surface area contributed by atoms with Gasteiger partial charge in [0.15, 0.2) is 0 Å². The van der Waals surface area contributed by atoms with Crippen LogP contribution in [0, 0.1) is 0 Å². The number of aromatic nitrogens is 3. The van der Waals surface area contributed by atoms with Crippen LogP contribution in [-0.4, -0.2) is 72.2 Å². The van der Waals surface area contributed by atoms with E-state index in [9.17, 15) is 4.79 Å². The molecule has 0 aliphatic carbocycles. The molecular weight excluding hydrogens is 390 g/mol. The lowest BCUT2D eigenvalue weighted by atomic mass is 10.1. The van der Waals surface area contributed by atoms with Crippen LogP contribution in [0.3, 0.4) is 0 Å². The Hall–Kier alpha value is -2.97. The summed E-state index contributed by atoms with van der Waals surface area (Å²) in [6, 6.07) is 12.1. The third kappa shape index (κ3) is 4.26. The number of piperazine rings is 1. The number of pyridine rings is 1. The number of likely N-dealkylation sites (N-methyl/N-ethyl adjacent to an activating group) is 1. The number of para-hydroxylation sites is 1. The minimum atomic E-state index is -0.155. The van der Waals surface area contributed by atoms with Gasteiger partial charge in [-0.2, -0.15) is 4.98 Å². The third-order valence-corrected chi connectivity index (χ3v) is 6.20. The van der Waals surface area contributed by atoms with Crippen molar-refractivity contribution >= 4 is 22.7 Å². The Morgan fingerprint density at radius 3 is 2.71 bits per heavy atom. The van der Waals surface area contributed by atoms with Crippen LogP contribution in [0.1, 0.15) is 12.8 Å². The summed E-state index contributed by atoms with van der Waals surface area (Å²) in [5, 5.41) is 8.03. The SMILES string of the molecule is CN1CCN(c2nc(N[C@@H]3CCCNC3)c(-c3ccc4ccccc4n3)c(=O)[nH]2)CC1. The highest BCUT2D eigenvalue weighted by molar-refractivity contribution is 5.83. The molecule has 2 saturated heterocycles. The second-order valence-electron chi connectivity index (χ2n) is 8.48. The van der Waals surface area contributed by atoms with Crippen molar-refractivity contribution in [1.82, 2.24) is 25.2 Å². The first-order valence-corrected chi connectivity index (χ1v) is 11.1. The summed E-state index contributed by atoms with van der Waals surface area (Å²) in [5.74, 6) is 1.25. The van der Waals surface area contributed by atoms with Gasteiger partial charge in [-0.25, -0.2) is 4.98 Å². The summed E-state index contributed by atoms with van der Waals surface area (Å²) >= 11 is 0. The van der Waals surface area contributed by atoms with Crippen molar-refractivity contribution < 1.29 is 0 Å². The molecule has 2 fully saturated rings. The van der Waals surface area contributed by atoms with E-state index >= 15 is 0 Å². The number of benzene rings is 1. The molecule has 1 aromatic carbocycles. The molecule has 31 heavy (non-hydrogen) atoms. The number of H-pyrrole nitrogens is 1. The van der Waals surface area contributed by atoms with Crippen LogP contribution in [0.5, 0.6) is 0 Å². The zero-order valence-corrected chi connectivity index (χ0v) is 17.9. The van der Waals surface area contributed by atoms with E-state index in [1.165, 1.54) is 0 Å². The van der Waals surface area contributed by atoms with Crippen LogP contribution in [-0.2, 0) is 0 Å². The highest BCUT2D eigenvalue weighted by atomic mass is 16.1. The van der Waals surface area contributed by atoms with Gasteiger partial charge in [0.2, 0.25) is 5.95 Å². The molecule has 0 bridgehead atoms. The van der Waals surface area contributed by atoms with Crippen molar-refractivity contribution in [2.45, 2.75) is 18.9 Å². The summed E-state index contributed by atoms with van der Waals surface area (Å²) in [7, 11) is 2.12. The van der Waals surface area contributed by atoms with Crippen LogP contribution >= 0.6 is 0 Å². The van der Waals surface area contributed by atoms with Gasteiger partial charge in [0.25, 0.3) is 5.56 Å². The zero-order valence-electron chi connectivity index (χ0n) is 17.9. The van der Waals surface area contributed by atoms with E-state index in [0.717, 1.165) is 63.0 Å². The number of nitrogens with zero attached hydrogens (tertiary/aromatic N) is 4.